The SMILES string of the molecule is CC(C)NC(=O)[C@]1(Cc2ccccc2CN=[N+]=[N-])N=C(c2ccc(OCCCO)cc2)O[C@@H]1c1ccccc1N=[N+]=[N-]. The average Bonchev–Trinajstić information content (AvgIpc) is 3.37. The van der Waals surface area contributed by atoms with E-state index in [9.17, 15) is 10.3 Å². The van der Waals surface area contributed by atoms with Crippen LogP contribution in [0.5, 0.6) is 5.75 Å². The molecule has 2 N–H and O–H groups in total. The summed E-state index contributed by atoms with van der Waals surface area (Å²) < 4.78 is 12.2. The number of nitrogens with one attached hydrogen (secondary N) is 1. The zero-order valence-electron chi connectivity index (χ0n) is 23.4. The van der Waals surface area contributed by atoms with E-state index in [4.69, 9.17) is 25.1 Å². The lowest BCUT2D eigenvalue weighted by molar-refractivity contribution is -0.129. The van der Waals surface area contributed by atoms with Crippen LogP contribution < -0.4 is 10.1 Å². The number of amides is 1. The molecule has 0 aliphatic carbocycles. The molecular formula is C30H32N8O4. The molecule has 12 nitrogen and oxygen atoms in total. The molecule has 0 aromatic heterocycles. The normalized spacial score (nSPS) is 17.4. The molecule has 216 valence electrons. The van der Waals surface area contributed by atoms with Gasteiger partial charge in [0, 0.05) is 52.1 Å². The predicted molar refractivity (Wildman–Crippen MR) is 158 cm³/mol. The maximum absolute atomic E-state index is 14.2. The Morgan fingerprint density at radius 1 is 1.07 bits per heavy atom. The molecule has 12 heteroatoms. The van der Waals surface area contributed by atoms with Crippen molar-refractivity contribution in [2.45, 2.75) is 50.9 Å². The lowest BCUT2D eigenvalue weighted by Gasteiger charge is -2.32. The van der Waals surface area contributed by atoms with Crippen LogP contribution in [0.15, 0.2) is 88.0 Å². The number of ether oxygens (including phenoxy) is 2. The van der Waals surface area contributed by atoms with Gasteiger partial charge in [0.15, 0.2) is 11.6 Å². The Hall–Kier alpha value is -5.02. The molecule has 0 unspecified atom stereocenters. The molecule has 2 atom stereocenters. The van der Waals surface area contributed by atoms with Gasteiger partial charge in [-0.05, 0) is 60.3 Å². The van der Waals surface area contributed by atoms with Gasteiger partial charge in [-0.1, -0.05) is 58.8 Å². The summed E-state index contributed by atoms with van der Waals surface area (Å²) in [7, 11) is 0. The number of azide groups is 2. The summed E-state index contributed by atoms with van der Waals surface area (Å²) >= 11 is 0. The number of aliphatic imine (C=N–C) groups is 1. The third-order valence-electron chi connectivity index (χ3n) is 6.70. The maximum Gasteiger partial charge on any atom is 0.252 e. The maximum atomic E-state index is 14.2. The van der Waals surface area contributed by atoms with Crippen LogP contribution in [-0.2, 0) is 22.5 Å². The smallest absolute Gasteiger partial charge is 0.252 e. The van der Waals surface area contributed by atoms with Crippen molar-refractivity contribution in [2.75, 3.05) is 13.2 Å². The number of aliphatic hydroxyl groups excluding tert-OH is 1. The Labute approximate surface area is 243 Å². The van der Waals surface area contributed by atoms with E-state index in [2.05, 4.69) is 25.4 Å². The van der Waals surface area contributed by atoms with Gasteiger partial charge in [0.05, 0.1) is 13.2 Å². The molecule has 0 saturated heterocycles. The molecule has 3 aromatic rings. The van der Waals surface area contributed by atoms with Crippen LogP contribution >= 0.6 is 0 Å². The van der Waals surface area contributed by atoms with E-state index < -0.39 is 11.6 Å². The van der Waals surface area contributed by atoms with E-state index in [-0.39, 0.29) is 37.4 Å². The van der Waals surface area contributed by atoms with E-state index in [1.54, 1.807) is 48.5 Å². The van der Waals surface area contributed by atoms with Crippen molar-refractivity contribution in [3.8, 4) is 5.75 Å². The van der Waals surface area contributed by atoms with Gasteiger partial charge in [0.2, 0.25) is 5.90 Å². The van der Waals surface area contributed by atoms with Gasteiger partial charge >= 0.3 is 0 Å². The average molecular weight is 569 g/mol. The lowest BCUT2D eigenvalue weighted by Crippen LogP contribution is -2.51. The first-order valence-electron chi connectivity index (χ1n) is 13.5. The molecule has 1 aliphatic rings. The molecule has 42 heavy (non-hydrogen) atoms. The molecule has 0 radical (unpaired) electrons. The third-order valence-corrected chi connectivity index (χ3v) is 6.70. The number of carbonyl (C=O) groups is 1. The van der Waals surface area contributed by atoms with Gasteiger partial charge < -0.3 is 19.9 Å². The summed E-state index contributed by atoms with van der Waals surface area (Å²) in [5.41, 5.74) is 19.7. The second-order valence-electron chi connectivity index (χ2n) is 10.00. The third kappa shape index (κ3) is 6.82. The highest BCUT2D eigenvalue weighted by atomic mass is 16.5. The minimum absolute atomic E-state index is 0.0357. The van der Waals surface area contributed by atoms with E-state index in [1.165, 1.54) is 0 Å². The Balaban J connectivity index is 1.88. The first-order chi connectivity index (χ1) is 20.4. The molecule has 1 amide bonds. The molecular weight excluding hydrogens is 536 g/mol. The van der Waals surface area contributed by atoms with Gasteiger partial charge in [0.25, 0.3) is 5.91 Å². The Morgan fingerprint density at radius 2 is 1.79 bits per heavy atom. The quantitative estimate of drug-likeness (QED) is 0.108. The van der Waals surface area contributed by atoms with Crippen molar-refractivity contribution >= 4 is 17.5 Å². The highest BCUT2D eigenvalue weighted by molar-refractivity contribution is 6.01. The van der Waals surface area contributed by atoms with Gasteiger partial charge in [-0.3, -0.25) is 4.79 Å². The summed E-state index contributed by atoms with van der Waals surface area (Å²) in [4.78, 5) is 25.1. The zero-order valence-corrected chi connectivity index (χ0v) is 23.4. The van der Waals surface area contributed by atoms with Crippen LogP contribution in [0.4, 0.5) is 5.69 Å². The Kier molecular flexibility index (Phi) is 10.0. The van der Waals surface area contributed by atoms with Crippen molar-refractivity contribution in [2.24, 2.45) is 15.2 Å². The zero-order chi connectivity index (χ0) is 30.0. The molecule has 1 heterocycles. The second kappa shape index (κ2) is 14.0. The summed E-state index contributed by atoms with van der Waals surface area (Å²) in [6.07, 6.45) is -0.330. The molecule has 1 aliphatic heterocycles. The standard InChI is InChI=1S/C30H32N8O4/c1-20(2)34-29(40)30(18-22-8-3-4-9-23(22)19-33-37-31)27(25-10-5-6-11-26(25)36-38-32)42-28(35-30)21-12-14-24(15-13-21)41-17-7-16-39/h3-6,8-15,20,27,39H,7,16-19H2,1-2H3,(H,34,40)/t27-,30-/m1/s1. The van der Waals surface area contributed by atoms with Crippen LogP contribution in [0, 0.1) is 0 Å². The van der Waals surface area contributed by atoms with Crippen LogP contribution in [0.1, 0.15) is 48.6 Å². The fourth-order valence-electron chi connectivity index (χ4n) is 4.78. The summed E-state index contributed by atoms with van der Waals surface area (Å²) in [6.45, 7) is 4.23. The summed E-state index contributed by atoms with van der Waals surface area (Å²) in [6, 6.07) is 21.3. The number of rotatable bonds is 13. The minimum Gasteiger partial charge on any atom is -0.494 e. The monoisotopic (exact) mass is 568 g/mol. The molecule has 0 saturated carbocycles. The van der Waals surface area contributed by atoms with E-state index in [0.717, 1.165) is 11.1 Å². The second-order valence-corrected chi connectivity index (χ2v) is 10.00. The van der Waals surface area contributed by atoms with Crippen molar-refractivity contribution in [3.05, 3.63) is 116 Å². The first kappa shape index (κ1) is 30.0. The van der Waals surface area contributed by atoms with Gasteiger partial charge in [-0.15, -0.1) is 0 Å². The molecule has 4 rings (SSSR count). The number of hydrogen-bond acceptors (Lipinski definition) is 7. The highest BCUT2D eigenvalue weighted by Crippen LogP contribution is 2.45. The molecule has 3 aromatic carbocycles. The number of carbonyl (C=O) groups excluding carboxylic acids is 1. The summed E-state index contributed by atoms with van der Waals surface area (Å²) in [5, 5.41) is 19.7. The van der Waals surface area contributed by atoms with Crippen molar-refractivity contribution in [3.63, 3.8) is 0 Å². The topological polar surface area (TPSA) is 178 Å². The fraction of sp³-hybridized carbons (Fsp3) is 0.333. The highest BCUT2D eigenvalue weighted by Gasteiger charge is 2.54. The fourth-order valence-corrected chi connectivity index (χ4v) is 4.78. The van der Waals surface area contributed by atoms with Crippen molar-refractivity contribution in [1.82, 2.24) is 5.32 Å². The van der Waals surface area contributed by atoms with E-state index in [0.29, 0.717) is 35.6 Å². The van der Waals surface area contributed by atoms with Gasteiger partial charge in [0.1, 0.15) is 5.75 Å². The van der Waals surface area contributed by atoms with Gasteiger partial charge in [-0.2, -0.15) is 0 Å². The van der Waals surface area contributed by atoms with Crippen LogP contribution in [0.3, 0.4) is 0 Å². The first-order valence-corrected chi connectivity index (χ1v) is 13.5. The summed E-state index contributed by atoms with van der Waals surface area (Å²) in [5.74, 6) is 0.492. The molecule has 0 fully saturated rings. The Bertz CT molecular complexity index is 1530. The van der Waals surface area contributed by atoms with Crippen molar-refractivity contribution in [1.29, 1.82) is 0 Å². The van der Waals surface area contributed by atoms with Crippen molar-refractivity contribution < 1.29 is 19.4 Å². The number of benzene rings is 3. The largest absolute Gasteiger partial charge is 0.494 e. The van der Waals surface area contributed by atoms with E-state index in [1.807, 2.05) is 38.1 Å². The molecule has 0 bridgehead atoms. The van der Waals surface area contributed by atoms with E-state index >= 15 is 0 Å². The Morgan fingerprint density at radius 3 is 2.48 bits per heavy atom. The van der Waals surface area contributed by atoms with Crippen LogP contribution in [0.2, 0.25) is 0 Å². The van der Waals surface area contributed by atoms with Crippen LogP contribution in [-0.4, -0.2) is 41.7 Å². The number of aliphatic hydroxyl groups is 1. The number of nitrogens with zero attached hydrogens (tertiary/aromatic N) is 7. The lowest BCUT2D eigenvalue weighted by atomic mass is 9.80. The predicted octanol–water partition coefficient (Wildman–Crippen LogP) is 6.22. The molecule has 0 spiro atoms. The number of hydrogen-bond donors (Lipinski definition) is 2. The minimum atomic E-state index is -1.51. The van der Waals surface area contributed by atoms with Crippen LogP contribution in [0.25, 0.3) is 20.9 Å². The van der Waals surface area contributed by atoms with Gasteiger partial charge in [-0.25, -0.2) is 4.99 Å².